The van der Waals surface area contributed by atoms with E-state index in [1.165, 1.54) is 4.90 Å². The minimum absolute atomic E-state index is 0.131. The number of nitriles is 1. The highest BCUT2D eigenvalue weighted by Gasteiger charge is 2.48. The number of imide groups is 1. The van der Waals surface area contributed by atoms with Crippen LogP contribution in [0.3, 0.4) is 0 Å². The first-order valence-corrected chi connectivity index (χ1v) is 10.6. The number of anilines is 1. The maximum absolute atomic E-state index is 12.7. The molecule has 31 heavy (non-hydrogen) atoms. The van der Waals surface area contributed by atoms with Gasteiger partial charge in [0.25, 0.3) is 5.91 Å². The van der Waals surface area contributed by atoms with Gasteiger partial charge in [-0.05, 0) is 49.9 Å². The Kier molecular flexibility index (Phi) is 7.06. The second kappa shape index (κ2) is 9.73. The molecule has 3 amide bonds. The number of esters is 1. The second-order valence-corrected chi connectivity index (χ2v) is 8.22. The number of aryl methyl sites for hydroxylation is 2. The van der Waals surface area contributed by atoms with Crippen LogP contribution < -0.4 is 4.90 Å². The van der Waals surface area contributed by atoms with E-state index in [9.17, 15) is 19.2 Å². The van der Waals surface area contributed by atoms with E-state index in [0.717, 1.165) is 28.9 Å². The smallest absolute Gasteiger partial charge is 0.326 e. The van der Waals surface area contributed by atoms with E-state index in [4.69, 9.17) is 10.00 Å². The maximum Gasteiger partial charge on any atom is 0.326 e. The normalized spacial score (nSPS) is 20.2. The fourth-order valence-electron chi connectivity index (χ4n) is 4.45. The summed E-state index contributed by atoms with van der Waals surface area (Å²) >= 11 is 0. The molecule has 0 N–H and O–H groups in total. The molecule has 0 spiro atoms. The van der Waals surface area contributed by atoms with E-state index in [1.54, 1.807) is 0 Å². The fourth-order valence-corrected chi connectivity index (χ4v) is 4.45. The van der Waals surface area contributed by atoms with Crippen LogP contribution in [0.4, 0.5) is 5.69 Å². The molecule has 1 aliphatic carbocycles. The molecule has 1 aliphatic heterocycles. The monoisotopic (exact) mass is 425 g/mol. The van der Waals surface area contributed by atoms with Crippen LogP contribution in [0.1, 0.15) is 43.2 Å². The Morgan fingerprint density at radius 1 is 1.10 bits per heavy atom. The summed E-state index contributed by atoms with van der Waals surface area (Å²) in [6.07, 6.45) is 3.28. The Morgan fingerprint density at radius 2 is 1.68 bits per heavy atom. The van der Waals surface area contributed by atoms with Gasteiger partial charge in [0.2, 0.25) is 11.8 Å². The molecular weight excluding hydrogens is 398 g/mol. The van der Waals surface area contributed by atoms with Gasteiger partial charge in [-0.2, -0.15) is 5.26 Å². The first kappa shape index (κ1) is 22.5. The molecule has 8 heteroatoms. The summed E-state index contributed by atoms with van der Waals surface area (Å²) in [6, 6.07) is 7.64. The highest BCUT2D eigenvalue weighted by molar-refractivity contribution is 6.07. The van der Waals surface area contributed by atoms with Crippen molar-refractivity contribution in [3.8, 4) is 6.07 Å². The van der Waals surface area contributed by atoms with E-state index in [1.807, 2.05) is 38.1 Å². The van der Waals surface area contributed by atoms with Gasteiger partial charge in [0.15, 0.2) is 6.61 Å². The maximum atomic E-state index is 12.7. The molecule has 1 aromatic rings. The van der Waals surface area contributed by atoms with Crippen LogP contribution in [0.15, 0.2) is 18.2 Å². The molecule has 0 radical (unpaired) electrons. The van der Waals surface area contributed by atoms with Crippen molar-refractivity contribution in [3.63, 3.8) is 0 Å². The standard InChI is InChI=1S/C23H27N3O5/c1-15-10-16(2)12-17(11-15)25(9-5-8-24)20(27)14-31-21(28)13-26-22(29)18-6-3-4-7-19(18)23(26)30/h10-12,18-19H,3-7,9,13-14H2,1-2H3. The van der Waals surface area contributed by atoms with E-state index in [0.29, 0.717) is 18.5 Å². The number of hydrogen-bond acceptors (Lipinski definition) is 6. The molecule has 2 unspecified atom stereocenters. The van der Waals surface area contributed by atoms with Crippen LogP contribution >= 0.6 is 0 Å². The minimum atomic E-state index is -0.797. The van der Waals surface area contributed by atoms with Gasteiger partial charge in [-0.3, -0.25) is 24.1 Å². The zero-order chi connectivity index (χ0) is 22.5. The van der Waals surface area contributed by atoms with Crippen molar-refractivity contribution >= 4 is 29.4 Å². The average Bonchev–Trinajstić information content (AvgIpc) is 2.97. The number of carbonyl (C=O) groups is 4. The van der Waals surface area contributed by atoms with Crippen LogP contribution in [0, 0.1) is 37.0 Å². The summed E-state index contributed by atoms with van der Waals surface area (Å²) < 4.78 is 5.10. The van der Waals surface area contributed by atoms with Gasteiger partial charge >= 0.3 is 5.97 Å². The lowest BCUT2D eigenvalue weighted by Gasteiger charge is -2.23. The zero-order valence-corrected chi connectivity index (χ0v) is 17.9. The molecule has 1 saturated heterocycles. The highest BCUT2D eigenvalue weighted by atomic mass is 16.5. The van der Waals surface area contributed by atoms with Crippen molar-refractivity contribution < 1.29 is 23.9 Å². The molecule has 0 aromatic heterocycles. The van der Waals surface area contributed by atoms with Gasteiger partial charge in [0.05, 0.1) is 24.3 Å². The largest absolute Gasteiger partial charge is 0.454 e. The number of hydrogen-bond donors (Lipinski definition) is 0. The molecular formula is C23H27N3O5. The number of carbonyl (C=O) groups excluding carboxylic acids is 4. The third kappa shape index (κ3) is 5.10. The van der Waals surface area contributed by atoms with Gasteiger partial charge in [0.1, 0.15) is 6.54 Å². The topological polar surface area (TPSA) is 108 Å². The molecule has 1 saturated carbocycles. The van der Waals surface area contributed by atoms with E-state index < -0.39 is 25.0 Å². The van der Waals surface area contributed by atoms with Crippen molar-refractivity contribution in [3.05, 3.63) is 29.3 Å². The number of fused-ring (bicyclic) bond motifs is 1. The first-order chi connectivity index (χ1) is 14.8. The Morgan fingerprint density at radius 3 is 2.23 bits per heavy atom. The fraction of sp³-hybridized carbons (Fsp3) is 0.522. The SMILES string of the molecule is Cc1cc(C)cc(N(CCC#N)C(=O)COC(=O)CN2C(=O)C3CCCCC3C2=O)c1. The molecule has 3 rings (SSSR count). The van der Waals surface area contributed by atoms with Gasteiger partial charge in [-0.15, -0.1) is 0 Å². The van der Waals surface area contributed by atoms with Crippen molar-refractivity contribution in [1.82, 2.24) is 4.90 Å². The predicted molar refractivity (Wildman–Crippen MR) is 112 cm³/mol. The minimum Gasteiger partial charge on any atom is -0.454 e. The van der Waals surface area contributed by atoms with E-state index in [-0.39, 0.29) is 36.6 Å². The van der Waals surface area contributed by atoms with Crippen molar-refractivity contribution in [2.75, 3.05) is 24.6 Å². The summed E-state index contributed by atoms with van der Waals surface area (Å²) in [6.45, 7) is 2.98. The third-order valence-electron chi connectivity index (χ3n) is 5.84. The van der Waals surface area contributed by atoms with Gasteiger partial charge in [0, 0.05) is 12.2 Å². The summed E-state index contributed by atoms with van der Waals surface area (Å²) in [5, 5.41) is 8.93. The molecule has 1 aromatic carbocycles. The molecule has 2 aliphatic rings. The quantitative estimate of drug-likeness (QED) is 0.490. The molecule has 2 atom stereocenters. The van der Waals surface area contributed by atoms with Crippen LogP contribution in [-0.2, 0) is 23.9 Å². The summed E-state index contributed by atoms with van der Waals surface area (Å²) in [4.78, 5) is 52.4. The number of benzene rings is 1. The van der Waals surface area contributed by atoms with E-state index in [2.05, 4.69) is 0 Å². The molecule has 1 heterocycles. The molecule has 0 bridgehead atoms. The lowest BCUT2D eigenvalue weighted by Crippen LogP contribution is -2.39. The van der Waals surface area contributed by atoms with Crippen LogP contribution in [0.5, 0.6) is 0 Å². The van der Waals surface area contributed by atoms with Gasteiger partial charge in [-0.1, -0.05) is 18.9 Å². The number of likely N-dealkylation sites (tertiary alicyclic amines) is 1. The van der Waals surface area contributed by atoms with Crippen molar-refractivity contribution in [1.29, 1.82) is 5.26 Å². The Bertz CT molecular complexity index is 891. The summed E-state index contributed by atoms with van der Waals surface area (Å²) in [5.41, 5.74) is 2.56. The lowest BCUT2D eigenvalue weighted by molar-refractivity contribution is -0.154. The average molecular weight is 425 g/mol. The van der Waals surface area contributed by atoms with Crippen molar-refractivity contribution in [2.24, 2.45) is 11.8 Å². The third-order valence-corrected chi connectivity index (χ3v) is 5.84. The number of rotatable bonds is 7. The molecule has 8 nitrogen and oxygen atoms in total. The summed E-state index contributed by atoms with van der Waals surface area (Å²) in [7, 11) is 0. The lowest BCUT2D eigenvalue weighted by atomic mass is 9.81. The molecule has 164 valence electrons. The van der Waals surface area contributed by atoms with Gasteiger partial charge < -0.3 is 9.64 Å². The Hall–Kier alpha value is -3.21. The number of nitrogens with zero attached hydrogens (tertiary/aromatic N) is 3. The highest BCUT2D eigenvalue weighted by Crippen LogP contribution is 2.37. The predicted octanol–water partition coefficient (Wildman–Crippen LogP) is 2.27. The second-order valence-electron chi connectivity index (χ2n) is 8.22. The summed E-state index contributed by atoms with van der Waals surface area (Å²) in [5.74, 6) is -2.56. The van der Waals surface area contributed by atoms with Gasteiger partial charge in [-0.25, -0.2) is 0 Å². The Balaban J connectivity index is 1.61. The van der Waals surface area contributed by atoms with E-state index >= 15 is 0 Å². The zero-order valence-electron chi connectivity index (χ0n) is 17.9. The van der Waals surface area contributed by atoms with Crippen LogP contribution in [-0.4, -0.2) is 48.3 Å². The van der Waals surface area contributed by atoms with Crippen LogP contribution in [0.2, 0.25) is 0 Å². The van der Waals surface area contributed by atoms with Crippen molar-refractivity contribution in [2.45, 2.75) is 46.0 Å². The first-order valence-electron chi connectivity index (χ1n) is 10.6. The Labute approximate surface area is 181 Å². The van der Waals surface area contributed by atoms with Crippen LogP contribution in [0.25, 0.3) is 0 Å². The number of amides is 3. The number of ether oxygens (including phenoxy) is 1. The molecule has 2 fully saturated rings.